The zero-order valence-electron chi connectivity index (χ0n) is 13.3. The van der Waals surface area contributed by atoms with E-state index in [1.54, 1.807) is 0 Å². The zero-order valence-corrected chi connectivity index (χ0v) is 13.3. The molecule has 2 amide bonds. The molecule has 1 aliphatic carbocycles. The molecule has 0 radical (unpaired) electrons. The first-order chi connectivity index (χ1) is 10.7. The van der Waals surface area contributed by atoms with Gasteiger partial charge < -0.3 is 10.6 Å². The summed E-state index contributed by atoms with van der Waals surface area (Å²) in [5.41, 5.74) is 1.21. The summed E-state index contributed by atoms with van der Waals surface area (Å²) in [4.78, 5) is 22.9. The molecular formula is C18H26N2O2. The Bertz CT molecular complexity index is 483. The van der Waals surface area contributed by atoms with Crippen molar-refractivity contribution in [1.82, 2.24) is 10.6 Å². The maximum absolute atomic E-state index is 12.1. The molecule has 1 aromatic carbocycles. The van der Waals surface area contributed by atoms with Gasteiger partial charge >= 0.3 is 0 Å². The molecule has 1 aliphatic rings. The third-order valence-corrected chi connectivity index (χ3v) is 4.02. The van der Waals surface area contributed by atoms with E-state index in [-0.39, 0.29) is 17.9 Å². The maximum Gasteiger partial charge on any atom is 0.220 e. The third-order valence-electron chi connectivity index (χ3n) is 4.02. The van der Waals surface area contributed by atoms with E-state index in [4.69, 9.17) is 0 Å². The van der Waals surface area contributed by atoms with Gasteiger partial charge in [-0.2, -0.15) is 0 Å². The Balaban J connectivity index is 1.68. The molecule has 0 aliphatic heterocycles. The van der Waals surface area contributed by atoms with Crippen molar-refractivity contribution < 1.29 is 9.59 Å². The highest BCUT2D eigenvalue weighted by atomic mass is 16.2. The lowest BCUT2D eigenvalue weighted by Gasteiger charge is -2.18. The second kappa shape index (κ2) is 8.57. The number of carbonyl (C=O) groups is 2. The molecule has 2 N–H and O–H groups in total. The molecule has 0 spiro atoms. The van der Waals surface area contributed by atoms with E-state index in [1.807, 2.05) is 18.2 Å². The van der Waals surface area contributed by atoms with Crippen LogP contribution in [0.15, 0.2) is 30.3 Å². The van der Waals surface area contributed by atoms with Crippen LogP contribution in [0.2, 0.25) is 0 Å². The summed E-state index contributed by atoms with van der Waals surface area (Å²) in [5, 5.41) is 5.97. The number of hydrogen-bond acceptors (Lipinski definition) is 2. The van der Waals surface area contributed by atoms with Crippen LogP contribution in [0, 0.1) is 5.92 Å². The molecule has 4 nitrogen and oxygen atoms in total. The van der Waals surface area contributed by atoms with Crippen LogP contribution in [-0.2, 0) is 9.59 Å². The van der Waals surface area contributed by atoms with Crippen molar-refractivity contribution in [3.05, 3.63) is 35.9 Å². The fourth-order valence-corrected chi connectivity index (χ4v) is 2.66. The number of rotatable bonds is 9. The molecule has 1 atom stereocenters. The second-order valence-corrected chi connectivity index (χ2v) is 6.09. The lowest BCUT2D eigenvalue weighted by Crippen LogP contribution is -2.29. The number of amides is 2. The summed E-state index contributed by atoms with van der Waals surface area (Å²) >= 11 is 0. The molecule has 1 unspecified atom stereocenters. The summed E-state index contributed by atoms with van der Waals surface area (Å²) in [6.45, 7) is 2.22. The van der Waals surface area contributed by atoms with Gasteiger partial charge in [-0.05, 0) is 37.2 Å². The molecule has 4 heteroatoms. The molecule has 0 heterocycles. The first-order valence-electron chi connectivity index (χ1n) is 8.25. The van der Waals surface area contributed by atoms with Crippen LogP contribution in [0.25, 0.3) is 0 Å². The quantitative estimate of drug-likeness (QED) is 0.689. The van der Waals surface area contributed by atoms with Gasteiger partial charge in [0.15, 0.2) is 0 Å². The van der Waals surface area contributed by atoms with Gasteiger partial charge in [0.25, 0.3) is 0 Å². The summed E-state index contributed by atoms with van der Waals surface area (Å²) in [6.07, 6.45) is 5.74. The molecule has 1 saturated carbocycles. The number of nitrogens with one attached hydrogen (secondary N) is 2. The smallest absolute Gasteiger partial charge is 0.220 e. The average Bonchev–Trinajstić information content (AvgIpc) is 3.33. The Morgan fingerprint density at radius 2 is 1.86 bits per heavy atom. The van der Waals surface area contributed by atoms with Crippen molar-refractivity contribution in [3.8, 4) is 0 Å². The zero-order chi connectivity index (χ0) is 15.8. The fourth-order valence-electron chi connectivity index (χ4n) is 2.66. The van der Waals surface area contributed by atoms with E-state index in [0.717, 1.165) is 19.3 Å². The van der Waals surface area contributed by atoms with Gasteiger partial charge in [0, 0.05) is 19.9 Å². The predicted molar refractivity (Wildman–Crippen MR) is 87.2 cm³/mol. The van der Waals surface area contributed by atoms with Crippen LogP contribution in [0.1, 0.15) is 57.1 Å². The molecule has 0 aromatic heterocycles. The summed E-state index contributed by atoms with van der Waals surface area (Å²) < 4.78 is 0. The highest BCUT2D eigenvalue weighted by Crippen LogP contribution is 2.40. The highest BCUT2D eigenvalue weighted by Gasteiger charge is 2.33. The first-order valence-corrected chi connectivity index (χ1v) is 8.25. The van der Waals surface area contributed by atoms with Crippen molar-refractivity contribution in [2.75, 3.05) is 6.54 Å². The molecule has 120 valence electrons. The Labute approximate surface area is 132 Å². The lowest BCUT2D eigenvalue weighted by molar-refractivity contribution is -0.122. The Morgan fingerprint density at radius 1 is 1.14 bits per heavy atom. The van der Waals surface area contributed by atoms with Gasteiger partial charge in [0.05, 0.1) is 6.04 Å². The monoisotopic (exact) mass is 302 g/mol. The van der Waals surface area contributed by atoms with Crippen LogP contribution < -0.4 is 10.6 Å². The van der Waals surface area contributed by atoms with E-state index in [1.165, 1.54) is 25.3 Å². The third kappa shape index (κ3) is 5.88. The van der Waals surface area contributed by atoms with Gasteiger partial charge in [0.1, 0.15) is 0 Å². The van der Waals surface area contributed by atoms with Gasteiger partial charge in [-0.3, -0.25) is 9.59 Å². The van der Waals surface area contributed by atoms with E-state index in [9.17, 15) is 9.59 Å². The van der Waals surface area contributed by atoms with Gasteiger partial charge in [-0.1, -0.05) is 36.8 Å². The molecule has 1 aromatic rings. The summed E-state index contributed by atoms with van der Waals surface area (Å²) in [7, 11) is 0. The van der Waals surface area contributed by atoms with Crippen molar-refractivity contribution in [2.45, 2.75) is 51.5 Å². The van der Waals surface area contributed by atoms with E-state index < -0.39 is 0 Å². The summed E-state index contributed by atoms with van der Waals surface area (Å²) in [6, 6.07) is 10.4. The molecule has 1 fully saturated rings. The lowest BCUT2D eigenvalue weighted by atomic mass is 10.0. The average molecular weight is 302 g/mol. The number of carbonyl (C=O) groups excluding carboxylic acids is 2. The molecule has 2 rings (SSSR count). The summed E-state index contributed by atoms with van der Waals surface area (Å²) in [5.74, 6) is 0.749. The SMILES string of the molecule is CC(=O)NCCCCCC(=O)NC(c1ccccc1)C1CC1. The Morgan fingerprint density at radius 3 is 2.50 bits per heavy atom. The molecule has 22 heavy (non-hydrogen) atoms. The molecule has 0 saturated heterocycles. The maximum atomic E-state index is 12.1. The largest absolute Gasteiger partial charge is 0.356 e. The minimum atomic E-state index is 0.00730. The topological polar surface area (TPSA) is 58.2 Å². The fraction of sp³-hybridized carbons (Fsp3) is 0.556. The number of benzene rings is 1. The Hall–Kier alpha value is -1.84. The normalized spacial score (nSPS) is 15.1. The van der Waals surface area contributed by atoms with E-state index in [2.05, 4.69) is 22.8 Å². The van der Waals surface area contributed by atoms with Gasteiger partial charge in [-0.25, -0.2) is 0 Å². The van der Waals surface area contributed by atoms with Crippen LogP contribution in [-0.4, -0.2) is 18.4 Å². The minimum Gasteiger partial charge on any atom is -0.356 e. The van der Waals surface area contributed by atoms with Gasteiger partial charge in [-0.15, -0.1) is 0 Å². The highest BCUT2D eigenvalue weighted by molar-refractivity contribution is 5.76. The van der Waals surface area contributed by atoms with E-state index >= 15 is 0 Å². The first kappa shape index (κ1) is 16.5. The minimum absolute atomic E-state index is 0.00730. The van der Waals surface area contributed by atoms with E-state index in [0.29, 0.717) is 18.9 Å². The predicted octanol–water partition coefficient (Wildman–Crippen LogP) is 2.95. The van der Waals surface area contributed by atoms with Crippen molar-refractivity contribution in [2.24, 2.45) is 5.92 Å². The van der Waals surface area contributed by atoms with Crippen LogP contribution in [0.3, 0.4) is 0 Å². The Kier molecular flexibility index (Phi) is 6.44. The van der Waals surface area contributed by atoms with Gasteiger partial charge in [0.2, 0.25) is 11.8 Å². The number of unbranched alkanes of at least 4 members (excludes halogenated alkanes) is 2. The standard InChI is InChI=1S/C18H26N2O2/c1-14(21)19-13-7-3-6-10-17(22)20-18(16-11-12-16)15-8-4-2-5-9-15/h2,4-5,8-9,16,18H,3,6-7,10-13H2,1H3,(H,19,21)(H,20,22). The van der Waals surface area contributed by atoms with Crippen LogP contribution in [0.5, 0.6) is 0 Å². The van der Waals surface area contributed by atoms with Crippen molar-refractivity contribution in [3.63, 3.8) is 0 Å². The van der Waals surface area contributed by atoms with Crippen LogP contribution >= 0.6 is 0 Å². The molecule has 0 bridgehead atoms. The molecular weight excluding hydrogens is 276 g/mol. The van der Waals surface area contributed by atoms with Crippen molar-refractivity contribution in [1.29, 1.82) is 0 Å². The van der Waals surface area contributed by atoms with Crippen molar-refractivity contribution >= 4 is 11.8 Å². The number of hydrogen-bond donors (Lipinski definition) is 2. The second-order valence-electron chi connectivity index (χ2n) is 6.09. The van der Waals surface area contributed by atoms with Crippen LogP contribution in [0.4, 0.5) is 0 Å².